The fourth-order valence-corrected chi connectivity index (χ4v) is 3.90. The summed E-state index contributed by atoms with van der Waals surface area (Å²) in [5.41, 5.74) is 5.04. The molecule has 0 bridgehead atoms. The minimum atomic E-state index is 1.19. The summed E-state index contributed by atoms with van der Waals surface area (Å²) in [6.07, 6.45) is 0. The minimum Gasteiger partial charge on any atom is -0.0622 e. The first-order valence-electron chi connectivity index (χ1n) is 10.9. The molecule has 0 heterocycles. The van der Waals surface area contributed by atoms with E-state index in [4.69, 9.17) is 0 Å². The first kappa shape index (κ1) is 19.8. The van der Waals surface area contributed by atoms with Crippen molar-refractivity contribution in [3.05, 3.63) is 146 Å². The number of hydrogen-bond donors (Lipinski definition) is 0. The van der Waals surface area contributed by atoms with Gasteiger partial charge in [0, 0.05) is 0 Å². The number of benzene rings is 6. The molecule has 0 unspecified atom stereocenters. The normalized spacial score (nSPS) is 10.5. The maximum Gasteiger partial charge on any atom is -0.00143 e. The Kier molecular flexibility index (Phi) is 5.76. The third-order valence-corrected chi connectivity index (χ3v) is 5.60. The van der Waals surface area contributed by atoms with E-state index in [0.29, 0.717) is 0 Å². The highest BCUT2D eigenvalue weighted by molar-refractivity contribution is 5.97. The molecule has 0 aliphatic rings. The maximum absolute atomic E-state index is 3.41. The van der Waals surface area contributed by atoms with Crippen molar-refractivity contribution in [3.8, 4) is 22.3 Å². The monoisotopic (exact) mass is 407 g/mol. The maximum atomic E-state index is 3.41. The molecule has 0 aromatic heterocycles. The van der Waals surface area contributed by atoms with Crippen molar-refractivity contribution in [2.45, 2.75) is 0 Å². The molecule has 6 aromatic carbocycles. The van der Waals surface area contributed by atoms with Crippen molar-refractivity contribution < 1.29 is 0 Å². The van der Waals surface area contributed by atoms with Crippen LogP contribution < -0.4 is 0 Å². The zero-order valence-electron chi connectivity index (χ0n) is 17.8. The average molecular weight is 408 g/mol. The van der Waals surface area contributed by atoms with Crippen molar-refractivity contribution >= 4 is 21.5 Å². The molecule has 6 aromatic rings. The molecule has 0 heteroatoms. The van der Waals surface area contributed by atoms with Crippen LogP contribution in [0.3, 0.4) is 0 Å². The molecule has 0 saturated carbocycles. The second-order valence-corrected chi connectivity index (χ2v) is 7.75. The summed E-state index contributed by atoms with van der Waals surface area (Å²) in [5.74, 6) is 0. The predicted octanol–water partition coefficient (Wildman–Crippen LogP) is 8.81. The van der Waals surface area contributed by atoms with Crippen LogP contribution in [0.4, 0.5) is 0 Å². The lowest BCUT2D eigenvalue weighted by Crippen LogP contribution is -1.79. The minimum absolute atomic E-state index is 1.19. The van der Waals surface area contributed by atoms with Gasteiger partial charge in [-0.3, -0.25) is 0 Å². The second kappa shape index (κ2) is 9.32. The fourth-order valence-electron chi connectivity index (χ4n) is 3.90. The van der Waals surface area contributed by atoms with Gasteiger partial charge in [0.25, 0.3) is 0 Å². The van der Waals surface area contributed by atoms with Crippen molar-refractivity contribution in [3.63, 3.8) is 0 Å². The quantitative estimate of drug-likeness (QED) is 0.252. The standard InChI is InChI=1S/C18H14.C14H9/c1-3-7-15(8-4-1)17-11-13-18(14-12-17)16-9-5-2-6-10-16;1-2-6-12-10-14-8-4-3-7-13(14)9-11(12)5-1/h1-14H;1-9H. The molecule has 151 valence electrons. The number of hydrogen-bond acceptors (Lipinski definition) is 0. The van der Waals surface area contributed by atoms with Gasteiger partial charge in [0.1, 0.15) is 0 Å². The Morgan fingerprint density at radius 1 is 0.312 bits per heavy atom. The second-order valence-electron chi connectivity index (χ2n) is 7.75. The van der Waals surface area contributed by atoms with Gasteiger partial charge in [0.2, 0.25) is 0 Å². The molecule has 0 aliphatic heterocycles. The Labute approximate surface area is 189 Å². The highest BCUT2D eigenvalue weighted by atomic mass is 14.0. The van der Waals surface area contributed by atoms with E-state index in [1.165, 1.54) is 43.8 Å². The van der Waals surface area contributed by atoms with Gasteiger partial charge in [-0.15, -0.1) is 0 Å². The van der Waals surface area contributed by atoms with Gasteiger partial charge in [-0.1, -0.05) is 133 Å². The van der Waals surface area contributed by atoms with Gasteiger partial charge in [-0.05, 0) is 55.9 Å². The van der Waals surface area contributed by atoms with Gasteiger partial charge in [-0.2, -0.15) is 0 Å². The molecule has 0 fully saturated rings. The smallest absolute Gasteiger partial charge is 0.00143 e. The molecule has 0 saturated heterocycles. The van der Waals surface area contributed by atoms with E-state index >= 15 is 0 Å². The van der Waals surface area contributed by atoms with Crippen LogP contribution in [0.2, 0.25) is 0 Å². The molecule has 0 aliphatic carbocycles. The zero-order chi connectivity index (χ0) is 21.6. The van der Waals surface area contributed by atoms with Crippen LogP contribution in [0.25, 0.3) is 43.8 Å². The Balaban J connectivity index is 0.000000139. The molecular weight excluding hydrogens is 384 g/mol. The Morgan fingerprint density at radius 2 is 0.656 bits per heavy atom. The van der Waals surface area contributed by atoms with E-state index in [0.717, 1.165) is 0 Å². The van der Waals surface area contributed by atoms with Crippen LogP contribution in [0.1, 0.15) is 0 Å². The summed E-state index contributed by atoms with van der Waals surface area (Å²) in [6.45, 7) is 0. The summed E-state index contributed by atoms with van der Waals surface area (Å²) in [4.78, 5) is 0. The van der Waals surface area contributed by atoms with Gasteiger partial charge in [0.15, 0.2) is 0 Å². The first-order chi connectivity index (χ1) is 15.9. The van der Waals surface area contributed by atoms with Crippen molar-refractivity contribution in [2.75, 3.05) is 0 Å². The molecule has 0 amide bonds. The van der Waals surface area contributed by atoms with E-state index in [-0.39, 0.29) is 0 Å². The van der Waals surface area contributed by atoms with Crippen LogP contribution in [0, 0.1) is 6.07 Å². The number of fused-ring (bicyclic) bond motifs is 2. The highest BCUT2D eigenvalue weighted by Crippen LogP contribution is 2.24. The summed E-state index contributed by atoms with van der Waals surface area (Å²) in [5, 5.41) is 4.88. The molecule has 0 nitrogen and oxygen atoms in total. The SMILES string of the molecule is [c]1c2ccccc2cc2ccccc12.c1ccc(-c2ccc(-c3ccccc3)cc2)cc1. The Morgan fingerprint density at radius 3 is 1.09 bits per heavy atom. The van der Waals surface area contributed by atoms with Crippen LogP contribution in [0.5, 0.6) is 0 Å². The molecule has 6 rings (SSSR count). The Bertz CT molecular complexity index is 1270. The van der Waals surface area contributed by atoms with Gasteiger partial charge < -0.3 is 0 Å². The van der Waals surface area contributed by atoms with Crippen LogP contribution in [0.15, 0.2) is 140 Å². The third kappa shape index (κ3) is 4.45. The van der Waals surface area contributed by atoms with E-state index in [1.807, 2.05) is 24.3 Å². The summed E-state index contributed by atoms with van der Waals surface area (Å²) < 4.78 is 0. The lowest BCUT2D eigenvalue weighted by Gasteiger charge is -2.04. The lowest BCUT2D eigenvalue weighted by molar-refractivity contribution is 1.59. The Hall–Kier alpha value is -4.16. The van der Waals surface area contributed by atoms with Gasteiger partial charge in [-0.25, -0.2) is 0 Å². The summed E-state index contributed by atoms with van der Waals surface area (Å²) >= 11 is 0. The molecule has 0 atom stereocenters. The molecule has 1 radical (unpaired) electrons. The molecule has 32 heavy (non-hydrogen) atoms. The molecule has 0 N–H and O–H groups in total. The van der Waals surface area contributed by atoms with Crippen LogP contribution >= 0.6 is 0 Å². The topological polar surface area (TPSA) is 0 Å². The first-order valence-corrected chi connectivity index (χ1v) is 10.9. The largest absolute Gasteiger partial charge is 0.0622 e. The molecule has 0 spiro atoms. The van der Waals surface area contributed by atoms with Crippen molar-refractivity contribution in [2.24, 2.45) is 0 Å². The van der Waals surface area contributed by atoms with E-state index in [1.54, 1.807) is 0 Å². The van der Waals surface area contributed by atoms with Crippen LogP contribution in [-0.4, -0.2) is 0 Å². The zero-order valence-corrected chi connectivity index (χ0v) is 17.8. The average Bonchev–Trinajstić information content (AvgIpc) is 2.89. The van der Waals surface area contributed by atoms with Crippen molar-refractivity contribution in [1.29, 1.82) is 0 Å². The molecular formula is C32H23. The predicted molar refractivity (Wildman–Crippen MR) is 138 cm³/mol. The van der Waals surface area contributed by atoms with E-state index in [2.05, 4.69) is 121 Å². The summed E-state index contributed by atoms with van der Waals surface area (Å²) in [6, 6.07) is 51.9. The van der Waals surface area contributed by atoms with Crippen molar-refractivity contribution in [1.82, 2.24) is 0 Å². The third-order valence-electron chi connectivity index (χ3n) is 5.60. The van der Waals surface area contributed by atoms with E-state index in [9.17, 15) is 0 Å². The number of rotatable bonds is 2. The van der Waals surface area contributed by atoms with Gasteiger partial charge >= 0.3 is 0 Å². The summed E-state index contributed by atoms with van der Waals surface area (Å²) in [7, 11) is 0. The van der Waals surface area contributed by atoms with Crippen LogP contribution in [-0.2, 0) is 0 Å². The lowest BCUT2D eigenvalue weighted by atomic mass is 10.0. The highest BCUT2D eigenvalue weighted by Gasteiger charge is 1.99. The van der Waals surface area contributed by atoms with Gasteiger partial charge in [0.05, 0.1) is 0 Å². The fraction of sp³-hybridized carbons (Fsp3) is 0. The van der Waals surface area contributed by atoms with E-state index < -0.39 is 0 Å².